The molecule has 0 aliphatic rings. The van der Waals surface area contributed by atoms with E-state index in [0.717, 1.165) is 19.7 Å². The Kier molecular flexibility index (Phi) is 6.41. The summed E-state index contributed by atoms with van der Waals surface area (Å²) in [7, 11) is 1.70. The Labute approximate surface area is 94.5 Å². The first-order chi connectivity index (χ1) is 6.83. The highest BCUT2D eigenvalue weighted by atomic mass is 16.5. The largest absolute Gasteiger partial charge is 0.382 e. The van der Waals surface area contributed by atoms with Gasteiger partial charge >= 0.3 is 0 Å². The SMILES string of the molecule is CCNCC(C)(C)COC(C)(C)COC. The van der Waals surface area contributed by atoms with Gasteiger partial charge in [-0.05, 0) is 20.4 Å². The molecule has 0 amide bonds. The molecule has 0 fully saturated rings. The average Bonchev–Trinajstić information content (AvgIpc) is 2.12. The van der Waals surface area contributed by atoms with Crippen LogP contribution in [0.3, 0.4) is 0 Å². The quantitative estimate of drug-likeness (QED) is 0.675. The van der Waals surface area contributed by atoms with Gasteiger partial charge in [0.15, 0.2) is 0 Å². The summed E-state index contributed by atoms with van der Waals surface area (Å²) in [5.74, 6) is 0. The fourth-order valence-corrected chi connectivity index (χ4v) is 1.29. The Hall–Kier alpha value is -0.120. The number of nitrogens with one attached hydrogen (secondary N) is 1. The van der Waals surface area contributed by atoms with Crippen LogP contribution in [-0.2, 0) is 9.47 Å². The maximum absolute atomic E-state index is 5.87. The van der Waals surface area contributed by atoms with Crippen LogP contribution in [0.25, 0.3) is 0 Å². The van der Waals surface area contributed by atoms with Crippen molar-refractivity contribution < 1.29 is 9.47 Å². The maximum Gasteiger partial charge on any atom is 0.0859 e. The summed E-state index contributed by atoms with van der Waals surface area (Å²) in [6, 6.07) is 0. The third-order valence-corrected chi connectivity index (χ3v) is 2.20. The second kappa shape index (κ2) is 6.46. The Bertz CT molecular complexity index is 167. The van der Waals surface area contributed by atoms with Gasteiger partial charge < -0.3 is 14.8 Å². The predicted octanol–water partition coefficient (Wildman–Crippen LogP) is 2.06. The Morgan fingerprint density at radius 2 is 1.67 bits per heavy atom. The van der Waals surface area contributed by atoms with Crippen LogP contribution in [0.5, 0.6) is 0 Å². The molecule has 0 aliphatic carbocycles. The van der Waals surface area contributed by atoms with Crippen LogP contribution in [0.2, 0.25) is 0 Å². The van der Waals surface area contributed by atoms with Gasteiger partial charge in [0.2, 0.25) is 0 Å². The highest BCUT2D eigenvalue weighted by Gasteiger charge is 2.24. The van der Waals surface area contributed by atoms with Gasteiger partial charge in [-0.25, -0.2) is 0 Å². The van der Waals surface area contributed by atoms with Crippen LogP contribution in [0.4, 0.5) is 0 Å². The van der Waals surface area contributed by atoms with Crippen molar-refractivity contribution in [2.45, 2.75) is 40.2 Å². The zero-order valence-corrected chi connectivity index (χ0v) is 11.1. The number of hydrogen-bond donors (Lipinski definition) is 1. The van der Waals surface area contributed by atoms with E-state index in [2.05, 4.69) is 39.9 Å². The molecule has 0 aromatic carbocycles. The molecule has 0 rings (SSSR count). The van der Waals surface area contributed by atoms with Crippen LogP contribution >= 0.6 is 0 Å². The lowest BCUT2D eigenvalue weighted by atomic mass is 9.94. The summed E-state index contributed by atoms with van der Waals surface area (Å²) in [6.07, 6.45) is 0. The van der Waals surface area contributed by atoms with E-state index in [1.54, 1.807) is 7.11 Å². The fraction of sp³-hybridized carbons (Fsp3) is 1.00. The minimum Gasteiger partial charge on any atom is -0.382 e. The molecule has 3 heteroatoms. The van der Waals surface area contributed by atoms with E-state index in [4.69, 9.17) is 9.47 Å². The van der Waals surface area contributed by atoms with Crippen LogP contribution in [0, 0.1) is 5.41 Å². The third kappa shape index (κ3) is 7.77. The minimum atomic E-state index is -0.196. The van der Waals surface area contributed by atoms with Gasteiger partial charge in [-0.3, -0.25) is 0 Å². The first kappa shape index (κ1) is 14.9. The molecule has 3 nitrogen and oxygen atoms in total. The van der Waals surface area contributed by atoms with Crippen molar-refractivity contribution in [2.75, 3.05) is 33.4 Å². The molecule has 0 bridgehead atoms. The Morgan fingerprint density at radius 1 is 1.07 bits per heavy atom. The summed E-state index contributed by atoms with van der Waals surface area (Å²) in [6.45, 7) is 14.0. The average molecular weight is 217 g/mol. The van der Waals surface area contributed by atoms with Gasteiger partial charge in [0.25, 0.3) is 0 Å². The van der Waals surface area contributed by atoms with E-state index in [9.17, 15) is 0 Å². The topological polar surface area (TPSA) is 30.5 Å². The normalized spacial score (nSPS) is 13.2. The molecule has 0 spiro atoms. The van der Waals surface area contributed by atoms with Gasteiger partial charge in [-0.15, -0.1) is 0 Å². The van der Waals surface area contributed by atoms with Gasteiger partial charge in [-0.1, -0.05) is 20.8 Å². The van der Waals surface area contributed by atoms with E-state index < -0.39 is 0 Å². The van der Waals surface area contributed by atoms with E-state index in [1.807, 2.05) is 0 Å². The van der Waals surface area contributed by atoms with Crippen LogP contribution in [0.15, 0.2) is 0 Å². The molecule has 0 heterocycles. The van der Waals surface area contributed by atoms with Crippen molar-refractivity contribution in [3.63, 3.8) is 0 Å². The molecule has 1 N–H and O–H groups in total. The maximum atomic E-state index is 5.87. The van der Waals surface area contributed by atoms with Crippen molar-refractivity contribution in [3.05, 3.63) is 0 Å². The third-order valence-electron chi connectivity index (χ3n) is 2.20. The zero-order chi connectivity index (χ0) is 11.9. The second-order valence-corrected chi connectivity index (χ2v) is 5.43. The van der Waals surface area contributed by atoms with Crippen molar-refractivity contribution >= 4 is 0 Å². The van der Waals surface area contributed by atoms with Crippen LogP contribution < -0.4 is 5.32 Å². The molecule has 0 radical (unpaired) electrons. The summed E-state index contributed by atoms with van der Waals surface area (Å²) >= 11 is 0. The lowest BCUT2D eigenvalue weighted by Gasteiger charge is -2.31. The standard InChI is InChI=1S/C12H27NO2/c1-7-13-8-11(2,3)9-15-12(4,5)10-14-6/h13H,7-10H2,1-6H3. The van der Waals surface area contributed by atoms with E-state index in [-0.39, 0.29) is 11.0 Å². The van der Waals surface area contributed by atoms with Gasteiger partial charge in [0.05, 0.1) is 18.8 Å². The van der Waals surface area contributed by atoms with Gasteiger partial charge in [0.1, 0.15) is 0 Å². The molecule has 0 aromatic heterocycles. The van der Waals surface area contributed by atoms with Crippen LogP contribution in [-0.4, -0.2) is 39.0 Å². The molecule has 0 aliphatic heterocycles. The van der Waals surface area contributed by atoms with Gasteiger partial charge in [0, 0.05) is 19.1 Å². The number of rotatable bonds is 8. The molecule has 0 saturated heterocycles. The summed E-state index contributed by atoms with van der Waals surface area (Å²) in [4.78, 5) is 0. The fourth-order valence-electron chi connectivity index (χ4n) is 1.29. The zero-order valence-electron chi connectivity index (χ0n) is 11.1. The van der Waals surface area contributed by atoms with Crippen LogP contribution in [0.1, 0.15) is 34.6 Å². The molecular weight excluding hydrogens is 190 g/mol. The van der Waals surface area contributed by atoms with Crippen molar-refractivity contribution in [1.29, 1.82) is 0 Å². The molecule has 0 aromatic rings. The first-order valence-corrected chi connectivity index (χ1v) is 5.66. The highest BCUT2D eigenvalue weighted by molar-refractivity contribution is 4.74. The van der Waals surface area contributed by atoms with E-state index in [1.165, 1.54) is 0 Å². The lowest BCUT2D eigenvalue weighted by Crippen LogP contribution is -2.38. The van der Waals surface area contributed by atoms with E-state index >= 15 is 0 Å². The lowest BCUT2D eigenvalue weighted by molar-refractivity contribution is -0.0895. The summed E-state index contributed by atoms with van der Waals surface area (Å²) in [5, 5.41) is 3.35. The Balaban J connectivity index is 3.90. The van der Waals surface area contributed by atoms with Crippen molar-refractivity contribution in [2.24, 2.45) is 5.41 Å². The first-order valence-electron chi connectivity index (χ1n) is 5.66. The highest BCUT2D eigenvalue weighted by Crippen LogP contribution is 2.19. The second-order valence-electron chi connectivity index (χ2n) is 5.43. The Morgan fingerprint density at radius 3 is 2.13 bits per heavy atom. The van der Waals surface area contributed by atoms with E-state index in [0.29, 0.717) is 6.61 Å². The smallest absolute Gasteiger partial charge is 0.0859 e. The number of ether oxygens (including phenoxy) is 2. The molecule has 92 valence electrons. The number of hydrogen-bond acceptors (Lipinski definition) is 3. The van der Waals surface area contributed by atoms with Crippen molar-refractivity contribution in [1.82, 2.24) is 5.32 Å². The molecule has 0 atom stereocenters. The summed E-state index contributed by atoms with van der Waals surface area (Å²) in [5.41, 5.74) is -0.0285. The predicted molar refractivity (Wildman–Crippen MR) is 64.2 cm³/mol. The molecule has 15 heavy (non-hydrogen) atoms. The monoisotopic (exact) mass is 217 g/mol. The minimum absolute atomic E-state index is 0.168. The molecule has 0 saturated carbocycles. The van der Waals surface area contributed by atoms with Gasteiger partial charge in [-0.2, -0.15) is 0 Å². The number of methoxy groups -OCH3 is 1. The summed E-state index contributed by atoms with van der Waals surface area (Å²) < 4.78 is 11.0. The molecule has 0 unspecified atom stereocenters. The van der Waals surface area contributed by atoms with Crippen molar-refractivity contribution in [3.8, 4) is 0 Å². The molecular formula is C12H27NO2.